The second-order valence-electron chi connectivity index (χ2n) is 4.03. The largest absolute Gasteiger partial charge is 0.350 e. The van der Waals surface area contributed by atoms with E-state index in [1.54, 1.807) is 0 Å². The highest BCUT2D eigenvalue weighted by molar-refractivity contribution is 7.13. The number of hydrogen-bond donors (Lipinski definition) is 1. The Bertz CT molecular complexity index is 376. The van der Waals surface area contributed by atoms with Crippen LogP contribution in [0, 0.1) is 6.92 Å². The molecule has 1 heterocycles. The molecule has 0 fully saturated rings. The average molecular weight is 255 g/mol. The molecule has 1 N–H and O–H groups in total. The van der Waals surface area contributed by atoms with E-state index in [-0.39, 0.29) is 5.91 Å². The monoisotopic (exact) mass is 255 g/mol. The van der Waals surface area contributed by atoms with Crippen molar-refractivity contribution < 1.29 is 4.79 Å². The Morgan fingerprint density at radius 2 is 2.18 bits per heavy atom. The van der Waals surface area contributed by atoms with Gasteiger partial charge in [0.1, 0.15) is 4.88 Å². The summed E-state index contributed by atoms with van der Waals surface area (Å²) in [5.41, 5.74) is 0.841. The molecule has 96 valence electrons. The number of thiazole rings is 1. The topological polar surface area (TPSA) is 45.2 Å². The van der Waals surface area contributed by atoms with Gasteiger partial charge in [-0.25, -0.2) is 4.98 Å². The van der Waals surface area contributed by atoms with Gasteiger partial charge in [-0.15, -0.1) is 11.3 Å². The van der Waals surface area contributed by atoms with Crippen LogP contribution in [-0.4, -0.2) is 42.5 Å². The standard InChI is InChI=1S/C12H21N3OS/c1-5-10-14-9(3)11(17-10)12(16)13-7-8-15(4)6-2/h5-8H2,1-4H3,(H,13,16). The van der Waals surface area contributed by atoms with E-state index in [9.17, 15) is 4.79 Å². The molecule has 0 aromatic carbocycles. The van der Waals surface area contributed by atoms with Crippen molar-refractivity contribution in [3.8, 4) is 0 Å². The van der Waals surface area contributed by atoms with E-state index in [1.165, 1.54) is 11.3 Å². The summed E-state index contributed by atoms with van der Waals surface area (Å²) in [4.78, 5) is 19.2. The van der Waals surface area contributed by atoms with Crippen molar-refractivity contribution in [2.24, 2.45) is 0 Å². The second-order valence-corrected chi connectivity index (χ2v) is 5.11. The van der Waals surface area contributed by atoms with Crippen molar-refractivity contribution in [2.75, 3.05) is 26.7 Å². The minimum Gasteiger partial charge on any atom is -0.350 e. The number of aryl methyl sites for hydroxylation is 2. The number of rotatable bonds is 6. The lowest BCUT2D eigenvalue weighted by Crippen LogP contribution is -2.32. The molecule has 0 radical (unpaired) electrons. The van der Waals surface area contributed by atoms with Crippen LogP contribution < -0.4 is 5.32 Å². The summed E-state index contributed by atoms with van der Waals surface area (Å²) >= 11 is 1.50. The zero-order chi connectivity index (χ0) is 12.8. The quantitative estimate of drug-likeness (QED) is 0.841. The average Bonchev–Trinajstić information content (AvgIpc) is 2.70. The van der Waals surface area contributed by atoms with Gasteiger partial charge in [0, 0.05) is 13.1 Å². The summed E-state index contributed by atoms with van der Waals surface area (Å²) in [7, 11) is 2.04. The zero-order valence-corrected chi connectivity index (χ0v) is 11.9. The number of likely N-dealkylation sites (N-methyl/N-ethyl adjacent to an activating group) is 1. The van der Waals surface area contributed by atoms with Crippen LogP contribution in [0.3, 0.4) is 0 Å². The molecule has 0 saturated heterocycles. The van der Waals surface area contributed by atoms with Crippen molar-refractivity contribution in [3.05, 3.63) is 15.6 Å². The molecule has 5 heteroatoms. The smallest absolute Gasteiger partial charge is 0.263 e. The third-order valence-electron chi connectivity index (χ3n) is 2.67. The van der Waals surface area contributed by atoms with Crippen LogP contribution in [0.5, 0.6) is 0 Å². The van der Waals surface area contributed by atoms with E-state index in [0.29, 0.717) is 6.54 Å². The lowest BCUT2D eigenvalue weighted by Gasteiger charge is -2.13. The van der Waals surface area contributed by atoms with Gasteiger partial charge in [-0.1, -0.05) is 13.8 Å². The van der Waals surface area contributed by atoms with E-state index in [1.807, 2.05) is 14.0 Å². The first kappa shape index (κ1) is 14.1. The summed E-state index contributed by atoms with van der Waals surface area (Å²) in [6, 6.07) is 0. The van der Waals surface area contributed by atoms with Crippen LogP contribution in [-0.2, 0) is 6.42 Å². The van der Waals surface area contributed by atoms with Crippen LogP contribution in [0.2, 0.25) is 0 Å². The SMILES string of the molecule is CCc1nc(C)c(C(=O)NCCN(C)CC)s1. The van der Waals surface area contributed by atoms with Crippen LogP contribution in [0.4, 0.5) is 0 Å². The number of nitrogens with one attached hydrogen (secondary N) is 1. The van der Waals surface area contributed by atoms with Gasteiger partial charge in [-0.05, 0) is 26.9 Å². The first-order valence-electron chi connectivity index (χ1n) is 6.01. The van der Waals surface area contributed by atoms with Gasteiger partial charge in [0.25, 0.3) is 5.91 Å². The summed E-state index contributed by atoms with van der Waals surface area (Å²) < 4.78 is 0. The highest BCUT2D eigenvalue weighted by Crippen LogP contribution is 2.18. The number of carbonyl (C=O) groups excluding carboxylic acids is 1. The molecule has 1 amide bonds. The third-order valence-corrected chi connectivity index (χ3v) is 3.97. The van der Waals surface area contributed by atoms with Gasteiger partial charge < -0.3 is 10.2 Å². The molecule has 1 aromatic heterocycles. The maximum absolute atomic E-state index is 11.9. The molecular formula is C12H21N3OS. The summed E-state index contributed by atoms with van der Waals surface area (Å²) in [5.74, 6) is 0.00389. The first-order chi connectivity index (χ1) is 8.08. The predicted octanol–water partition coefficient (Wildman–Crippen LogP) is 1.70. The zero-order valence-electron chi connectivity index (χ0n) is 11.0. The Balaban J connectivity index is 2.49. The summed E-state index contributed by atoms with van der Waals surface area (Å²) in [6.45, 7) is 8.60. The first-order valence-corrected chi connectivity index (χ1v) is 6.83. The molecule has 0 aliphatic rings. The predicted molar refractivity (Wildman–Crippen MR) is 71.7 cm³/mol. The Kier molecular flexibility index (Phi) is 5.58. The van der Waals surface area contributed by atoms with Gasteiger partial charge in [0.2, 0.25) is 0 Å². The molecule has 1 aromatic rings. The van der Waals surface area contributed by atoms with Gasteiger partial charge >= 0.3 is 0 Å². The Morgan fingerprint density at radius 3 is 2.71 bits per heavy atom. The van der Waals surface area contributed by atoms with Crippen molar-refractivity contribution in [2.45, 2.75) is 27.2 Å². The molecule has 0 bridgehead atoms. The van der Waals surface area contributed by atoms with Crippen LogP contribution in [0.25, 0.3) is 0 Å². The molecular weight excluding hydrogens is 234 g/mol. The van der Waals surface area contributed by atoms with Crippen LogP contribution in [0.1, 0.15) is 34.2 Å². The Morgan fingerprint density at radius 1 is 1.47 bits per heavy atom. The highest BCUT2D eigenvalue weighted by Gasteiger charge is 2.13. The molecule has 17 heavy (non-hydrogen) atoms. The summed E-state index contributed by atoms with van der Waals surface area (Å²) in [6.07, 6.45) is 0.886. The number of carbonyl (C=O) groups is 1. The molecule has 0 atom stereocenters. The second kappa shape index (κ2) is 6.71. The third kappa shape index (κ3) is 4.09. The Labute approximate surface area is 107 Å². The van der Waals surface area contributed by atoms with Crippen molar-refractivity contribution in [1.82, 2.24) is 15.2 Å². The maximum atomic E-state index is 11.9. The van der Waals surface area contributed by atoms with Gasteiger partial charge in [0.15, 0.2) is 0 Å². The summed E-state index contributed by atoms with van der Waals surface area (Å²) in [5, 5.41) is 3.96. The molecule has 0 unspecified atom stereocenters. The maximum Gasteiger partial charge on any atom is 0.263 e. The van der Waals surface area contributed by atoms with Crippen molar-refractivity contribution in [1.29, 1.82) is 0 Å². The molecule has 1 rings (SSSR count). The highest BCUT2D eigenvalue weighted by atomic mass is 32.1. The van der Waals surface area contributed by atoms with Crippen LogP contribution >= 0.6 is 11.3 Å². The molecule has 0 spiro atoms. The fourth-order valence-electron chi connectivity index (χ4n) is 1.41. The van der Waals surface area contributed by atoms with Crippen molar-refractivity contribution in [3.63, 3.8) is 0 Å². The van der Waals surface area contributed by atoms with E-state index in [2.05, 4.69) is 29.0 Å². The number of hydrogen-bond acceptors (Lipinski definition) is 4. The molecule has 0 aliphatic heterocycles. The molecule has 4 nitrogen and oxygen atoms in total. The number of amides is 1. The lowest BCUT2D eigenvalue weighted by molar-refractivity contribution is 0.0953. The fraction of sp³-hybridized carbons (Fsp3) is 0.667. The van der Waals surface area contributed by atoms with E-state index in [4.69, 9.17) is 0 Å². The van der Waals surface area contributed by atoms with E-state index in [0.717, 1.165) is 35.1 Å². The van der Waals surface area contributed by atoms with Gasteiger partial charge in [0.05, 0.1) is 10.7 Å². The van der Waals surface area contributed by atoms with E-state index >= 15 is 0 Å². The normalized spacial score (nSPS) is 10.9. The van der Waals surface area contributed by atoms with Crippen molar-refractivity contribution >= 4 is 17.2 Å². The van der Waals surface area contributed by atoms with E-state index < -0.39 is 0 Å². The molecule has 0 aliphatic carbocycles. The lowest BCUT2D eigenvalue weighted by atomic mass is 10.3. The minimum atomic E-state index is 0.00389. The Hall–Kier alpha value is -0.940. The van der Waals surface area contributed by atoms with Crippen LogP contribution in [0.15, 0.2) is 0 Å². The van der Waals surface area contributed by atoms with Gasteiger partial charge in [-0.2, -0.15) is 0 Å². The van der Waals surface area contributed by atoms with Gasteiger partial charge in [-0.3, -0.25) is 4.79 Å². The number of nitrogens with zero attached hydrogens (tertiary/aromatic N) is 2. The minimum absolute atomic E-state index is 0.00389. The number of aromatic nitrogens is 1. The fourth-order valence-corrected chi connectivity index (χ4v) is 2.33. The molecule has 0 saturated carbocycles.